The smallest absolute Gasteiger partial charge is 0.177 e. The molecule has 0 spiro atoms. The summed E-state index contributed by atoms with van der Waals surface area (Å²) in [5.41, 5.74) is 1.68. The van der Waals surface area contributed by atoms with Crippen LogP contribution in [0.2, 0.25) is 0 Å². The van der Waals surface area contributed by atoms with Crippen LogP contribution in [0, 0.1) is 0 Å². The summed E-state index contributed by atoms with van der Waals surface area (Å²) in [5, 5.41) is 0. The van der Waals surface area contributed by atoms with E-state index in [1.807, 2.05) is 12.1 Å². The molecule has 2 nitrogen and oxygen atoms in total. The highest BCUT2D eigenvalue weighted by molar-refractivity contribution is 6.30. The standard InChI is InChI=1S/C13H15ClO2/c1-13(2)6-5-10-7-9(11(15)8-14)3-4-12(10)16-13/h3-4,7H,5-6,8H2,1-2H3. The third-order valence-corrected chi connectivity index (χ3v) is 3.13. The van der Waals surface area contributed by atoms with Crippen molar-refractivity contribution in [2.75, 3.05) is 5.88 Å². The molecule has 16 heavy (non-hydrogen) atoms. The molecule has 1 aromatic carbocycles. The van der Waals surface area contributed by atoms with Gasteiger partial charge in [-0.2, -0.15) is 0 Å². The maximum Gasteiger partial charge on any atom is 0.177 e. The lowest BCUT2D eigenvalue weighted by Gasteiger charge is -2.32. The van der Waals surface area contributed by atoms with E-state index in [1.165, 1.54) is 0 Å². The van der Waals surface area contributed by atoms with Gasteiger partial charge in [0.25, 0.3) is 0 Å². The third kappa shape index (κ3) is 2.22. The molecule has 1 heterocycles. The van der Waals surface area contributed by atoms with E-state index >= 15 is 0 Å². The minimum Gasteiger partial charge on any atom is -0.488 e. The first kappa shape index (κ1) is 11.5. The molecule has 0 fully saturated rings. The summed E-state index contributed by atoms with van der Waals surface area (Å²) in [6.07, 6.45) is 1.92. The van der Waals surface area contributed by atoms with Crippen molar-refractivity contribution < 1.29 is 9.53 Å². The lowest BCUT2D eigenvalue weighted by molar-refractivity contribution is 0.0846. The van der Waals surface area contributed by atoms with Crippen molar-refractivity contribution in [3.05, 3.63) is 29.3 Å². The number of carbonyl (C=O) groups is 1. The Morgan fingerprint density at radius 3 is 2.94 bits per heavy atom. The van der Waals surface area contributed by atoms with E-state index in [0.29, 0.717) is 5.56 Å². The van der Waals surface area contributed by atoms with Crippen molar-refractivity contribution in [1.82, 2.24) is 0 Å². The van der Waals surface area contributed by atoms with Crippen molar-refractivity contribution in [1.29, 1.82) is 0 Å². The van der Waals surface area contributed by atoms with Crippen LogP contribution in [0.4, 0.5) is 0 Å². The zero-order valence-electron chi connectivity index (χ0n) is 9.55. The Labute approximate surface area is 101 Å². The van der Waals surface area contributed by atoms with Crippen molar-refractivity contribution in [3.8, 4) is 5.75 Å². The second-order valence-corrected chi connectivity index (χ2v) is 5.01. The van der Waals surface area contributed by atoms with Gasteiger partial charge in [-0.25, -0.2) is 0 Å². The van der Waals surface area contributed by atoms with E-state index in [9.17, 15) is 4.79 Å². The van der Waals surface area contributed by atoms with Gasteiger partial charge in [0, 0.05) is 5.56 Å². The summed E-state index contributed by atoms with van der Waals surface area (Å²) >= 11 is 5.53. The van der Waals surface area contributed by atoms with Crippen molar-refractivity contribution >= 4 is 17.4 Å². The highest BCUT2D eigenvalue weighted by Gasteiger charge is 2.26. The number of ketones is 1. The SMILES string of the molecule is CC1(C)CCc2cc(C(=O)CCl)ccc2O1. The van der Waals surface area contributed by atoms with Gasteiger partial charge in [0.05, 0.1) is 5.88 Å². The number of benzene rings is 1. The maximum atomic E-state index is 11.5. The molecule has 1 aromatic rings. The van der Waals surface area contributed by atoms with Crippen LogP contribution in [0.15, 0.2) is 18.2 Å². The normalized spacial score (nSPS) is 17.4. The molecule has 0 bridgehead atoms. The van der Waals surface area contributed by atoms with Crippen molar-refractivity contribution in [2.24, 2.45) is 0 Å². The minimum atomic E-state index is -0.106. The Bertz CT molecular complexity index is 424. The fourth-order valence-electron chi connectivity index (χ4n) is 1.91. The Hall–Kier alpha value is -1.02. The molecule has 0 saturated heterocycles. The molecule has 0 unspecified atom stereocenters. The molecule has 86 valence electrons. The van der Waals surface area contributed by atoms with Crippen LogP contribution in [-0.4, -0.2) is 17.3 Å². The largest absolute Gasteiger partial charge is 0.488 e. The highest BCUT2D eigenvalue weighted by atomic mass is 35.5. The van der Waals surface area contributed by atoms with E-state index in [2.05, 4.69) is 13.8 Å². The predicted octanol–water partition coefficient (Wildman–Crippen LogP) is 3.21. The zero-order chi connectivity index (χ0) is 11.8. The van der Waals surface area contributed by atoms with Crippen LogP contribution in [0.3, 0.4) is 0 Å². The van der Waals surface area contributed by atoms with Crippen LogP contribution in [0.1, 0.15) is 36.2 Å². The van der Waals surface area contributed by atoms with Crippen LogP contribution in [-0.2, 0) is 6.42 Å². The maximum absolute atomic E-state index is 11.5. The van der Waals surface area contributed by atoms with Gasteiger partial charge in [0.15, 0.2) is 5.78 Å². The van der Waals surface area contributed by atoms with Crippen molar-refractivity contribution in [3.63, 3.8) is 0 Å². The lowest BCUT2D eigenvalue weighted by atomic mass is 9.93. The Kier molecular flexibility index (Phi) is 2.94. The van der Waals surface area contributed by atoms with Gasteiger partial charge in [0.2, 0.25) is 0 Å². The number of halogens is 1. The highest BCUT2D eigenvalue weighted by Crippen LogP contribution is 2.33. The summed E-state index contributed by atoms with van der Waals surface area (Å²) in [6.45, 7) is 4.15. The molecule has 2 rings (SSSR count). The summed E-state index contributed by atoms with van der Waals surface area (Å²) in [4.78, 5) is 11.5. The Morgan fingerprint density at radius 2 is 2.25 bits per heavy atom. The lowest BCUT2D eigenvalue weighted by Crippen LogP contribution is -2.32. The second-order valence-electron chi connectivity index (χ2n) is 4.74. The van der Waals surface area contributed by atoms with E-state index in [4.69, 9.17) is 16.3 Å². The van der Waals surface area contributed by atoms with Gasteiger partial charge in [-0.15, -0.1) is 11.6 Å². The topological polar surface area (TPSA) is 26.3 Å². The summed E-state index contributed by atoms with van der Waals surface area (Å²) < 4.78 is 5.84. The number of carbonyl (C=O) groups excluding carboxylic acids is 1. The third-order valence-electron chi connectivity index (χ3n) is 2.89. The fourth-order valence-corrected chi connectivity index (χ4v) is 2.06. The number of hydrogen-bond donors (Lipinski definition) is 0. The molecule has 0 aromatic heterocycles. The van der Waals surface area contributed by atoms with Crippen LogP contribution < -0.4 is 4.74 Å². The monoisotopic (exact) mass is 238 g/mol. The molecule has 0 atom stereocenters. The minimum absolute atomic E-state index is 0.0329. The Balaban J connectivity index is 2.32. The van der Waals surface area contributed by atoms with Gasteiger partial charge >= 0.3 is 0 Å². The molecule has 0 N–H and O–H groups in total. The first-order valence-electron chi connectivity index (χ1n) is 5.43. The first-order chi connectivity index (χ1) is 7.52. The van der Waals surface area contributed by atoms with Crippen LogP contribution in [0.25, 0.3) is 0 Å². The number of fused-ring (bicyclic) bond motifs is 1. The van der Waals surface area contributed by atoms with E-state index in [0.717, 1.165) is 24.2 Å². The molecular weight excluding hydrogens is 224 g/mol. The Morgan fingerprint density at radius 1 is 1.50 bits per heavy atom. The average Bonchev–Trinajstić information content (AvgIpc) is 2.26. The van der Waals surface area contributed by atoms with Crippen molar-refractivity contribution in [2.45, 2.75) is 32.3 Å². The molecule has 1 aliphatic rings. The number of aryl methyl sites for hydroxylation is 1. The molecule has 1 aliphatic heterocycles. The summed E-state index contributed by atoms with van der Waals surface area (Å²) in [6, 6.07) is 5.55. The molecule has 3 heteroatoms. The first-order valence-corrected chi connectivity index (χ1v) is 5.96. The number of hydrogen-bond acceptors (Lipinski definition) is 2. The number of rotatable bonds is 2. The fraction of sp³-hybridized carbons (Fsp3) is 0.462. The molecule has 0 amide bonds. The van der Waals surface area contributed by atoms with E-state index < -0.39 is 0 Å². The molecule has 0 radical (unpaired) electrons. The zero-order valence-corrected chi connectivity index (χ0v) is 10.3. The number of alkyl halides is 1. The summed E-state index contributed by atoms with van der Waals surface area (Å²) in [7, 11) is 0. The van der Waals surface area contributed by atoms with Crippen LogP contribution >= 0.6 is 11.6 Å². The predicted molar refractivity (Wildman–Crippen MR) is 64.5 cm³/mol. The van der Waals surface area contributed by atoms with Gasteiger partial charge in [-0.1, -0.05) is 0 Å². The van der Waals surface area contributed by atoms with E-state index in [-0.39, 0.29) is 17.3 Å². The molecule has 0 aliphatic carbocycles. The van der Waals surface area contributed by atoms with Gasteiger partial charge in [-0.05, 0) is 50.5 Å². The van der Waals surface area contributed by atoms with Crippen LogP contribution in [0.5, 0.6) is 5.75 Å². The van der Waals surface area contributed by atoms with Gasteiger partial charge in [0.1, 0.15) is 11.4 Å². The average molecular weight is 239 g/mol. The number of ether oxygens (including phenoxy) is 1. The quantitative estimate of drug-likeness (QED) is 0.584. The van der Waals surface area contributed by atoms with Gasteiger partial charge in [-0.3, -0.25) is 4.79 Å². The van der Waals surface area contributed by atoms with E-state index in [1.54, 1.807) is 6.07 Å². The molecular formula is C13H15ClO2. The summed E-state index contributed by atoms with van der Waals surface area (Å²) in [5.74, 6) is 0.891. The second kappa shape index (κ2) is 4.10. The van der Waals surface area contributed by atoms with Gasteiger partial charge < -0.3 is 4.74 Å². The number of Topliss-reactive ketones (excluding diaryl/α,β-unsaturated/α-hetero) is 1. The molecule has 0 saturated carbocycles.